The number of carboxylic acids is 2. The van der Waals surface area contributed by atoms with E-state index in [4.69, 9.17) is 35.2 Å². The summed E-state index contributed by atoms with van der Waals surface area (Å²) in [6, 6.07) is 1.75. The fourth-order valence-electron chi connectivity index (χ4n) is 4.94. The van der Waals surface area contributed by atoms with Gasteiger partial charge in [0, 0.05) is 98.6 Å². The number of hydrogen-bond donors (Lipinski definition) is 5. The van der Waals surface area contributed by atoms with Crippen LogP contribution in [0.4, 0.5) is 0 Å². The van der Waals surface area contributed by atoms with Gasteiger partial charge < -0.3 is 35.2 Å². The average Bonchev–Trinajstić information content (AvgIpc) is 3.17. The molecule has 17 nitrogen and oxygen atoms in total. The highest BCUT2D eigenvalue weighted by molar-refractivity contribution is 5.72. The molecule has 2 heterocycles. The standard InChI is InChI=1S/C18H35N3O4.C12H23N3O5.C4H10O.C2H3N/c1-17(2,3)24-15(22)13-20-9-7-19-8-10-21(12-11-20)14-16(23)25-18(4,5)6;16-8-7-13-1-3-14(9-11(17)18)5-6-15(4-2-13)10-12(19)20;1-2-3-4-5;1-2-3/h19H,7-14H2,1-6H3;16H,1-10H2,(H,17,18)(H,19,20);5H,2-4H2,1H3;1H3. The van der Waals surface area contributed by atoms with E-state index in [1.165, 1.54) is 6.92 Å². The predicted octanol–water partition coefficient (Wildman–Crippen LogP) is 0.253. The number of carbonyl (C=O) groups is 4. The van der Waals surface area contributed by atoms with Crippen molar-refractivity contribution in [1.82, 2.24) is 29.8 Å². The second-order valence-corrected chi connectivity index (χ2v) is 14.7. The summed E-state index contributed by atoms with van der Waals surface area (Å²) >= 11 is 0. The second kappa shape index (κ2) is 30.4. The van der Waals surface area contributed by atoms with Crippen molar-refractivity contribution in [3.05, 3.63) is 0 Å². The Kier molecular flexibility index (Phi) is 29.9. The third-order valence-corrected chi connectivity index (χ3v) is 7.33. The van der Waals surface area contributed by atoms with Crippen LogP contribution in [0.1, 0.15) is 68.2 Å². The maximum absolute atomic E-state index is 12.1. The first kappa shape index (κ1) is 52.2. The number of ether oxygens (including phenoxy) is 2. The summed E-state index contributed by atoms with van der Waals surface area (Å²) < 4.78 is 10.8. The maximum Gasteiger partial charge on any atom is 0.320 e. The van der Waals surface area contributed by atoms with Crippen molar-refractivity contribution < 1.29 is 49.1 Å². The highest BCUT2D eigenvalue weighted by Gasteiger charge is 2.23. The molecule has 0 radical (unpaired) electrons. The molecule has 5 N–H and O–H groups in total. The Hall–Kier alpha value is -2.95. The molecule has 53 heavy (non-hydrogen) atoms. The van der Waals surface area contributed by atoms with Crippen LogP contribution >= 0.6 is 0 Å². The van der Waals surface area contributed by atoms with E-state index in [0.717, 1.165) is 39.0 Å². The fourth-order valence-corrected chi connectivity index (χ4v) is 4.94. The minimum atomic E-state index is -0.886. The van der Waals surface area contributed by atoms with Crippen LogP contribution in [-0.2, 0) is 28.7 Å². The summed E-state index contributed by atoms with van der Waals surface area (Å²) in [7, 11) is 0. The lowest BCUT2D eigenvalue weighted by Gasteiger charge is -2.27. The van der Waals surface area contributed by atoms with E-state index in [1.54, 1.807) is 15.9 Å². The van der Waals surface area contributed by atoms with Crippen LogP contribution in [-0.4, -0.2) is 204 Å². The molecular weight excluding hydrogens is 690 g/mol. The number of nitrogens with zero attached hydrogens (tertiary/aromatic N) is 6. The number of esters is 2. The Balaban J connectivity index is 0. The smallest absolute Gasteiger partial charge is 0.320 e. The van der Waals surface area contributed by atoms with Crippen molar-refractivity contribution >= 4 is 23.9 Å². The molecule has 0 aromatic rings. The minimum absolute atomic E-state index is 0.0395. The van der Waals surface area contributed by atoms with Crippen LogP contribution < -0.4 is 5.32 Å². The molecule has 17 heteroatoms. The molecule has 0 saturated carbocycles. The Bertz CT molecular complexity index is 977. The number of unbranched alkanes of at least 4 members (excludes halogenated alkanes) is 1. The van der Waals surface area contributed by atoms with Crippen LogP contribution in [0.25, 0.3) is 0 Å². The van der Waals surface area contributed by atoms with Crippen molar-refractivity contribution in [1.29, 1.82) is 5.26 Å². The second-order valence-electron chi connectivity index (χ2n) is 14.7. The number of nitriles is 1. The number of rotatable bonds is 12. The maximum atomic E-state index is 12.1. The molecule has 0 amide bonds. The molecule has 0 bridgehead atoms. The molecule has 0 aromatic carbocycles. The van der Waals surface area contributed by atoms with E-state index >= 15 is 0 Å². The Morgan fingerprint density at radius 1 is 0.623 bits per heavy atom. The zero-order valence-corrected chi connectivity index (χ0v) is 33.8. The van der Waals surface area contributed by atoms with Crippen molar-refractivity contribution in [3.8, 4) is 6.07 Å². The van der Waals surface area contributed by atoms with Crippen LogP contribution in [0.5, 0.6) is 0 Å². The lowest BCUT2D eigenvalue weighted by atomic mass is 10.2. The van der Waals surface area contributed by atoms with E-state index in [2.05, 4.69) is 22.0 Å². The molecule has 310 valence electrons. The molecule has 2 saturated heterocycles. The fraction of sp³-hybridized carbons (Fsp3) is 0.861. The third-order valence-electron chi connectivity index (χ3n) is 7.33. The highest BCUT2D eigenvalue weighted by Crippen LogP contribution is 2.09. The van der Waals surface area contributed by atoms with E-state index in [-0.39, 0.29) is 44.7 Å². The quantitative estimate of drug-likeness (QED) is 0.168. The van der Waals surface area contributed by atoms with Crippen molar-refractivity contribution in [2.45, 2.75) is 79.4 Å². The van der Waals surface area contributed by atoms with Gasteiger partial charge in [0.15, 0.2) is 0 Å². The molecule has 0 atom stereocenters. The van der Waals surface area contributed by atoms with Gasteiger partial charge in [-0.05, 0) is 48.0 Å². The van der Waals surface area contributed by atoms with Gasteiger partial charge in [-0.2, -0.15) is 5.26 Å². The lowest BCUT2D eigenvalue weighted by molar-refractivity contribution is -0.158. The number of aliphatic carboxylic acids is 2. The third kappa shape index (κ3) is 34.6. The molecule has 2 rings (SSSR count). The zero-order chi connectivity index (χ0) is 40.9. The summed E-state index contributed by atoms with van der Waals surface area (Å²) in [5, 5.41) is 45.5. The molecular formula is C36H71N7O10. The molecule has 0 aliphatic carbocycles. The summed E-state index contributed by atoms with van der Waals surface area (Å²) in [6.07, 6.45) is 2.04. The average molecular weight is 762 g/mol. The molecule has 0 aromatic heterocycles. The van der Waals surface area contributed by atoms with Gasteiger partial charge in [0.05, 0.1) is 38.9 Å². The predicted molar refractivity (Wildman–Crippen MR) is 202 cm³/mol. The Labute approximate surface area is 317 Å². The normalized spacial score (nSPS) is 17.4. The number of carboxylic acid groups (broad SMARTS) is 2. The van der Waals surface area contributed by atoms with Gasteiger partial charge in [-0.25, -0.2) is 0 Å². The van der Waals surface area contributed by atoms with Gasteiger partial charge in [0.1, 0.15) is 11.2 Å². The number of β-amino-alcohol motifs (C(OH)–C–C–N with tert-alkyl or cyclic N) is 1. The number of aliphatic hydroxyl groups is 2. The summed E-state index contributed by atoms with van der Waals surface area (Å²) in [5.74, 6) is -2.21. The Morgan fingerprint density at radius 2 is 0.943 bits per heavy atom. The van der Waals surface area contributed by atoms with Crippen molar-refractivity contribution in [2.75, 3.05) is 124 Å². The first-order valence-electron chi connectivity index (χ1n) is 18.5. The van der Waals surface area contributed by atoms with Crippen LogP contribution in [0.3, 0.4) is 0 Å². The molecule has 2 aliphatic rings. The highest BCUT2D eigenvalue weighted by atomic mass is 16.6. The van der Waals surface area contributed by atoms with Crippen LogP contribution in [0.2, 0.25) is 0 Å². The lowest BCUT2D eigenvalue weighted by Crippen LogP contribution is -2.42. The minimum Gasteiger partial charge on any atom is -0.480 e. The topological polar surface area (TPSA) is 220 Å². The number of hydrogen-bond acceptors (Lipinski definition) is 15. The van der Waals surface area contributed by atoms with Gasteiger partial charge in [0.2, 0.25) is 0 Å². The number of nitrogens with one attached hydrogen (secondary N) is 1. The van der Waals surface area contributed by atoms with E-state index in [1.807, 2.05) is 46.4 Å². The van der Waals surface area contributed by atoms with Gasteiger partial charge in [-0.3, -0.25) is 43.7 Å². The van der Waals surface area contributed by atoms with Crippen molar-refractivity contribution in [3.63, 3.8) is 0 Å². The number of aliphatic hydroxyl groups excluding tert-OH is 2. The van der Waals surface area contributed by atoms with E-state index < -0.39 is 23.1 Å². The van der Waals surface area contributed by atoms with Gasteiger partial charge in [-0.1, -0.05) is 13.3 Å². The Morgan fingerprint density at radius 3 is 1.19 bits per heavy atom. The summed E-state index contributed by atoms with van der Waals surface area (Å²) in [4.78, 5) is 55.5. The van der Waals surface area contributed by atoms with Crippen LogP contribution in [0.15, 0.2) is 0 Å². The largest absolute Gasteiger partial charge is 0.480 e. The number of carbonyl (C=O) groups excluding carboxylic acids is 2. The first-order valence-corrected chi connectivity index (χ1v) is 18.5. The molecule has 0 spiro atoms. The van der Waals surface area contributed by atoms with E-state index in [0.29, 0.717) is 65.5 Å². The van der Waals surface area contributed by atoms with Gasteiger partial charge >= 0.3 is 23.9 Å². The van der Waals surface area contributed by atoms with Gasteiger partial charge in [0.25, 0.3) is 0 Å². The monoisotopic (exact) mass is 762 g/mol. The molecule has 0 unspecified atom stereocenters. The molecule has 2 fully saturated rings. The zero-order valence-electron chi connectivity index (χ0n) is 33.8. The molecule has 2 aliphatic heterocycles. The summed E-state index contributed by atoms with van der Waals surface area (Å²) in [5.41, 5.74) is -0.949. The van der Waals surface area contributed by atoms with Crippen molar-refractivity contribution in [2.24, 2.45) is 0 Å². The SMILES string of the molecule is CC#N.CC(C)(C)OC(=O)CN1CCNCCN(CC(=O)OC(C)(C)C)CC1.CCCCO.O=C(O)CN1CCN(CCO)CCN(CC(=O)O)CC1. The van der Waals surface area contributed by atoms with Crippen LogP contribution in [0, 0.1) is 11.3 Å². The van der Waals surface area contributed by atoms with E-state index in [9.17, 15) is 19.2 Å². The van der Waals surface area contributed by atoms with Gasteiger partial charge in [-0.15, -0.1) is 0 Å². The first-order chi connectivity index (χ1) is 24.8. The summed E-state index contributed by atoms with van der Waals surface area (Å²) in [6.45, 7) is 24.2.